The normalized spacial score (nSPS) is 42.3. The molecule has 2 rings (SSSR count). The molecular weight excluding hydrogens is 199 g/mol. The number of carboxylic acid groups (broad SMARTS) is 1. The Bertz CT molecular complexity index is 227. The van der Waals surface area contributed by atoms with Crippen molar-refractivity contribution in [2.24, 2.45) is 17.8 Å². The topological polar surface area (TPSA) is 37.3 Å². The Morgan fingerprint density at radius 2 is 2.17 bits per heavy atom. The van der Waals surface area contributed by atoms with Gasteiger partial charge < -0.3 is 5.11 Å². The van der Waals surface area contributed by atoms with Crippen molar-refractivity contribution in [2.75, 3.05) is 0 Å². The maximum Gasteiger partial charge on any atom is 0.303 e. The highest BCUT2D eigenvalue weighted by molar-refractivity contribution is 6.51. The first-order valence-corrected chi connectivity index (χ1v) is 4.88. The molecule has 0 aromatic heterocycles. The lowest BCUT2D eigenvalue weighted by molar-refractivity contribution is -0.138. The summed E-state index contributed by atoms with van der Waals surface area (Å²) in [6.45, 7) is 0. The first kappa shape index (κ1) is 8.64. The van der Waals surface area contributed by atoms with E-state index in [1.165, 1.54) is 0 Å². The quantitative estimate of drug-likeness (QED) is 0.708. The second kappa shape index (κ2) is 2.52. The fourth-order valence-electron chi connectivity index (χ4n) is 2.46. The van der Waals surface area contributed by atoms with Gasteiger partial charge in [0.05, 0.1) is 0 Å². The molecule has 2 nitrogen and oxygen atoms in total. The van der Waals surface area contributed by atoms with Crippen LogP contribution < -0.4 is 0 Å². The van der Waals surface area contributed by atoms with Gasteiger partial charge in [-0.05, 0) is 24.7 Å². The smallest absolute Gasteiger partial charge is 0.303 e. The summed E-state index contributed by atoms with van der Waals surface area (Å²) < 4.78 is -0.599. The van der Waals surface area contributed by atoms with E-state index in [9.17, 15) is 4.79 Å². The van der Waals surface area contributed by atoms with E-state index in [4.69, 9.17) is 28.3 Å². The van der Waals surface area contributed by atoms with Crippen molar-refractivity contribution >= 4 is 29.2 Å². The van der Waals surface area contributed by atoms with Crippen molar-refractivity contribution < 1.29 is 9.90 Å². The van der Waals surface area contributed by atoms with Crippen LogP contribution in [0.3, 0.4) is 0 Å². The van der Waals surface area contributed by atoms with Crippen LogP contribution in [0, 0.1) is 17.8 Å². The highest BCUT2D eigenvalue weighted by Gasteiger charge is 2.68. The molecule has 0 spiro atoms. The number of halogens is 2. The van der Waals surface area contributed by atoms with Crippen molar-refractivity contribution in [3.05, 3.63) is 0 Å². The van der Waals surface area contributed by atoms with Gasteiger partial charge in [0.2, 0.25) is 0 Å². The molecule has 3 atom stereocenters. The summed E-state index contributed by atoms with van der Waals surface area (Å²) in [4.78, 5) is 10.4. The molecule has 2 aliphatic carbocycles. The lowest BCUT2D eigenvalue weighted by atomic mass is 10.00. The van der Waals surface area contributed by atoms with Crippen LogP contribution >= 0.6 is 23.2 Å². The minimum atomic E-state index is -0.739. The average Bonchev–Trinajstić information content (AvgIpc) is 2.36. The third kappa shape index (κ3) is 1.12. The molecule has 1 N–H and O–H groups in total. The van der Waals surface area contributed by atoms with Crippen molar-refractivity contribution in [3.8, 4) is 0 Å². The fourth-order valence-corrected chi connectivity index (χ4v) is 3.48. The summed E-state index contributed by atoms with van der Waals surface area (Å²) in [5.41, 5.74) is 0. The number of carbonyl (C=O) groups is 1. The number of fused-ring (bicyclic) bond motifs is 1. The SMILES string of the molecule is O=C(O)CC1CC[C@H]2[C@@H]1C2(Cl)Cl. The number of carboxylic acids is 1. The Morgan fingerprint density at radius 3 is 2.58 bits per heavy atom. The van der Waals surface area contributed by atoms with Gasteiger partial charge in [-0.3, -0.25) is 4.79 Å². The molecule has 12 heavy (non-hydrogen) atoms. The van der Waals surface area contributed by atoms with Crippen molar-refractivity contribution in [1.82, 2.24) is 0 Å². The van der Waals surface area contributed by atoms with E-state index < -0.39 is 10.3 Å². The molecule has 1 unspecified atom stereocenters. The van der Waals surface area contributed by atoms with E-state index >= 15 is 0 Å². The van der Waals surface area contributed by atoms with Crippen LogP contribution in [-0.4, -0.2) is 15.4 Å². The third-order valence-corrected chi connectivity index (χ3v) is 4.12. The van der Waals surface area contributed by atoms with Crippen LogP contribution in [0.5, 0.6) is 0 Å². The zero-order valence-corrected chi connectivity index (χ0v) is 7.98. The largest absolute Gasteiger partial charge is 0.481 e. The molecule has 2 aliphatic rings. The van der Waals surface area contributed by atoms with Crippen LogP contribution in [0.4, 0.5) is 0 Å². The molecule has 0 aromatic rings. The molecule has 0 aliphatic heterocycles. The Kier molecular flexibility index (Phi) is 1.81. The molecule has 2 fully saturated rings. The summed E-state index contributed by atoms with van der Waals surface area (Å²) in [5, 5.41) is 8.59. The molecule has 68 valence electrons. The summed E-state index contributed by atoms with van der Waals surface area (Å²) in [6.07, 6.45) is 2.20. The summed E-state index contributed by atoms with van der Waals surface area (Å²) in [7, 11) is 0. The molecule has 0 heterocycles. The molecule has 0 saturated heterocycles. The molecule has 0 radical (unpaired) electrons. The Morgan fingerprint density at radius 1 is 1.50 bits per heavy atom. The molecule has 0 aromatic carbocycles. The van der Waals surface area contributed by atoms with E-state index in [-0.39, 0.29) is 18.3 Å². The van der Waals surface area contributed by atoms with Crippen LogP contribution in [0.1, 0.15) is 19.3 Å². The molecule has 2 saturated carbocycles. The van der Waals surface area contributed by atoms with E-state index in [0.717, 1.165) is 12.8 Å². The Hall–Kier alpha value is 0.0500. The van der Waals surface area contributed by atoms with Gasteiger partial charge in [0.25, 0.3) is 0 Å². The maximum absolute atomic E-state index is 10.4. The van der Waals surface area contributed by atoms with Crippen LogP contribution in [0.2, 0.25) is 0 Å². The minimum absolute atomic E-state index is 0.211. The zero-order chi connectivity index (χ0) is 8.93. The standard InChI is InChI=1S/C8H10Cl2O2/c9-8(10)5-2-1-4(7(5)8)3-6(11)12/h4-5,7H,1-3H2,(H,11,12)/t4?,5-,7+/m0/s1. The minimum Gasteiger partial charge on any atom is -0.481 e. The third-order valence-electron chi connectivity index (χ3n) is 3.06. The Labute approximate surface area is 80.8 Å². The van der Waals surface area contributed by atoms with Gasteiger partial charge >= 0.3 is 5.97 Å². The van der Waals surface area contributed by atoms with Gasteiger partial charge in [0, 0.05) is 12.3 Å². The van der Waals surface area contributed by atoms with Gasteiger partial charge in [-0.1, -0.05) is 0 Å². The summed E-state index contributed by atoms with van der Waals surface area (Å²) in [6, 6.07) is 0. The number of alkyl halides is 2. The van der Waals surface area contributed by atoms with E-state index in [0.29, 0.717) is 5.92 Å². The van der Waals surface area contributed by atoms with Gasteiger partial charge in [-0.2, -0.15) is 0 Å². The monoisotopic (exact) mass is 208 g/mol. The first-order valence-electron chi connectivity index (χ1n) is 4.13. The highest BCUT2D eigenvalue weighted by atomic mass is 35.5. The second-order valence-electron chi connectivity index (χ2n) is 3.74. The molecular formula is C8H10Cl2O2. The molecule has 0 amide bonds. The van der Waals surface area contributed by atoms with Crippen molar-refractivity contribution in [3.63, 3.8) is 0 Å². The van der Waals surface area contributed by atoms with Gasteiger partial charge in [-0.15, -0.1) is 23.2 Å². The number of hydrogen-bond donors (Lipinski definition) is 1. The maximum atomic E-state index is 10.4. The van der Waals surface area contributed by atoms with E-state index in [1.54, 1.807) is 0 Å². The average molecular weight is 209 g/mol. The molecule has 0 bridgehead atoms. The van der Waals surface area contributed by atoms with E-state index in [2.05, 4.69) is 0 Å². The van der Waals surface area contributed by atoms with Crippen LogP contribution in [0.15, 0.2) is 0 Å². The second-order valence-corrected chi connectivity index (χ2v) is 5.19. The van der Waals surface area contributed by atoms with Gasteiger partial charge in [-0.25, -0.2) is 0 Å². The van der Waals surface area contributed by atoms with E-state index in [1.807, 2.05) is 0 Å². The Balaban J connectivity index is 1.98. The number of hydrogen-bond acceptors (Lipinski definition) is 1. The lowest BCUT2D eigenvalue weighted by Crippen LogP contribution is -2.12. The number of rotatable bonds is 2. The van der Waals surface area contributed by atoms with Crippen molar-refractivity contribution in [1.29, 1.82) is 0 Å². The first-order chi connectivity index (χ1) is 5.53. The predicted octanol–water partition coefficient (Wildman–Crippen LogP) is 2.29. The summed E-state index contributed by atoms with van der Waals surface area (Å²) in [5.74, 6) is 0.0845. The van der Waals surface area contributed by atoms with Gasteiger partial charge in [0.1, 0.15) is 4.33 Å². The lowest BCUT2D eigenvalue weighted by Gasteiger charge is -2.11. The summed E-state index contributed by atoms with van der Waals surface area (Å²) >= 11 is 11.9. The van der Waals surface area contributed by atoms with Gasteiger partial charge in [0.15, 0.2) is 0 Å². The predicted molar refractivity (Wildman–Crippen MR) is 46.4 cm³/mol. The molecule has 4 heteroatoms. The number of aliphatic carboxylic acids is 1. The zero-order valence-electron chi connectivity index (χ0n) is 6.46. The fraction of sp³-hybridized carbons (Fsp3) is 0.875. The van der Waals surface area contributed by atoms with Crippen LogP contribution in [0.25, 0.3) is 0 Å². The highest BCUT2D eigenvalue weighted by Crippen LogP contribution is 2.69. The van der Waals surface area contributed by atoms with Crippen LogP contribution in [-0.2, 0) is 4.79 Å². The van der Waals surface area contributed by atoms with Crippen molar-refractivity contribution in [2.45, 2.75) is 23.6 Å².